The normalized spacial score (nSPS) is 15.6. The smallest absolute Gasteiger partial charge is 0.123 e. The molecule has 0 saturated heterocycles. The van der Waals surface area contributed by atoms with Crippen LogP contribution in [-0.2, 0) is 0 Å². The van der Waals surface area contributed by atoms with Crippen LogP contribution in [0.25, 0.3) is 22.3 Å². The Labute approximate surface area is 131 Å². The van der Waals surface area contributed by atoms with Gasteiger partial charge in [0.25, 0.3) is 0 Å². The molecule has 0 nitrogen and oxygen atoms in total. The minimum absolute atomic E-state index is 0.203. The third-order valence-electron chi connectivity index (χ3n) is 4.03. The van der Waals surface area contributed by atoms with Gasteiger partial charge in [0.05, 0.1) is 4.83 Å². The SMILES string of the molecule is Fc1ccc(-c2ccc3c(c2)[C@H](Br)c2ccccc2-3)cc1. The van der Waals surface area contributed by atoms with E-state index in [0.29, 0.717) is 0 Å². The van der Waals surface area contributed by atoms with Crippen LogP contribution in [0.4, 0.5) is 4.39 Å². The molecule has 0 N–H and O–H groups in total. The third kappa shape index (κ3) is 2.02. The molecular weight excluding hydrogens is 327 g/mol. The fourth-order valence-electron chi connectivity index (χ4n) is 2.97. The van der Waals surface area contributed by atoms with Gasteiger partial charge in [-0.15, -0.1) is 0 Å². The van der Waals surface area contributed by atoms with Crippen LogP contribution in [-0.4, -0.2) is 0 Å². The highest BCUT2D eigenvalue weighted by atomic mass is 79.9. The molecular formula is C19H12BrF. The quantitative estimate of drug-likeness (QED) is 0.480. The lowest BCUT2D eigenvalue weighted by Gasteiger charge is -2.08. The zero-order valence-electron chi connectivity index (χ0n) is 11.2. The Kier molecular flexibility index (Phi) is 2.93. The molecule has 0 saturated carbocycles. The van der Waals surface area contributed by atoms with Crippen LogP contribution in [0.15, 0.2) is 66.7 Å². The number of alkyl halides is 1. The Hall–Kier alpha value is -1.93. The van der Waals surface area contributed by atoms with Crippen molar-refractivity contribution in [2.24, 2.45) is 0 Å². The van der Waals surface area contributed by atoms with Gasteiger partial charge in [-0.1, -0.05) is 64.5 Å². The predicted molar refractivity (Wildman–Crippen MR) is 88.0 cm³/mol. The average Bonchev–Trinajstić information content (AvgIpc) is 2.81. The minimum Gasteiger partial charge on any atom is -0.207 e. The van der Waals surface area contributed by atoms with E-state index in [0.717, 1.165) is 11.1 Å². The molecule has 102 valence electrons. The number of benzene rings is 3. The Morgan fingerprint density at radius 1 is 0.714 bits per heavy atom. The summed E-state index contributed by atoms with van der Waals surface area (Å²) in [6, 6.07) is 21.6. The maximum atomic E-state index is 13.1. The number of halogens is 2. The number of fused-ring (bicyclic) bond motifs is 3. The number of rotatable bonds is 1. The lowest BCUT2D eigenvalue weighted by molar-refractivity contribution is 0.628. The van der Waals surface area contributed by atoms with E-state index in [-0.39, 0.29) is 10.6 Å². The van der Waals surface area contributed by atoms with Gasteiger partial charge in [0.1, 0.15) is 5.82 Å². The van der Waals surface area contributed by atoms with Crippen molar-refractivity contribution in [2.75, 3.05) is 0 Å². The number of hydrogen-bond donors (Lipinski definition) is 0. The monoisotopic (exact) mass is 338 g/mol. The first-order valence-electron chi connectivity index (χ1n) is 6.87. The summed E-state index contributed by atoms with van der Waals surface area (Å²) in [6.07, 6.45) is 0. The van der Waals surface area contributed by atoms with Gasteiger partial charge in [0, 0.05) is 0 Å². The van der Waals surface area contributed by atoms with Crippen LogP contribution in [0.3, 0.4) is 0 Å². The molecule has 4 rings (SSSR count). The van der Waals surface area contributed by atoms with E-state index in [1.54, 1.807) is 0 Å². The lowest BCUT2D eigenvalue weighted by atomic mass is 9.99. The first-order chi connectivity index (χ1) is 10.2. The van der Waals surface area contributed by atoms with Crippen molar-refractivity contribution < 1.29 is 4.39 Å². The van der Waals surface area contributed by atoms with Gasteiger partial charge in [-0.3, -0.25) is 0 Å². The maximum absolute atomic E-state index is 13.1. The van der Waals surface area contributed by atoms with E-state index in [1.807, 2.05) is 12.1 Å². The first-order valence-corrected chi connectivity index (χ1v) is 7.79. The van der Waals surface area contributed by atoms with Gasteiger partial charge >= 0.3 is 0 Å². The van der Waals surface area contributed by atoms with Gasteiger partial charge in [0.2, 0.25) is 0 Å². The van der Waals surface area contributed by atoms with Gasteiger partial charge in [-0.25, -0.2) is 4.39 Å². The molecule has 0 unspecified atom stereocenters. The van der Waals surface area contributed by atoms with Crippen LogP contribution < -0.4 is 0 Å². The van der Waals surface area contributed by atoms with E-state index >= 15 is 0 Å². The number of hydrogen-bond acceptors (Lipinski definition) is 0. The van der Waals surface area contributed by atoms with Crippen LogP contribution in [0.1, 0.15) is 16.0 Å². The lowest BCUT2D eigenvalue weighted by Crippen LogP contribution is -1.87. The van der Waals surface area contributed by atoms with E-state index in [2.05, 4.69) is 58.4 Å². The van der Waals surface area contributed by atoms with Crippen LogP contribution in [0, 0.1) is 5.82 Å². The molecule has 0 heterocycles. The minimum atomic E-state index is -0.203. The molecule has 0 bridgehead atoms. The summed E-state index contributed by atoms with van der Waals surface area (Å²) in [5.41, 5.74) is 7.31. The van der Waals surface area contributed by atoms with Gasteiger partial charge < -0.3 is 0 Å². The summed E-state index contributed by atoms with van der Waals surface area (Å²) >= 11 is 3.79. The summed E-state index contributed by atoms with van der Waals surface area (Å²) in [5.74, 6) is -0.203. The molecule has 0 fully saturated rings. The van der Waals surface area contributed by atoms with E-state index in [4.69, 9.17) is 0 Å². The maximum Gasteiger partial charge on any atom is 0.123 e. The van der Waals surface area contributed by atoms with Crippen molar-refractivity contribution in [3.63, 3.8) is 0 Å². The Morgan fingerprint density at radius 3 is 2.19 bits per heavy atom. The van der Waals surface area contributed by atoms with Gasteiger partial charge in [0.15, 0.2) is 0 Å². The average molecular weight is 339 g/mol. The highest BCUT2D eigenvalue weighted by molar-refractivity contribution is 9.09. The van der Waals surface area contributed by atoms with Crippen LogP contribution in [0.5, 0.6) is 0 Å². The molecule has 0 amide bonds. The third-order valence-corrected chi connectivity index (χ3v) is 5.01. The van der Waals surface area contributed by atoms with Crippen molar-refractivity contribution in [3.8, 4) is 22.3 Å². The van der Waals surface area contributed by atoms with Crippen molar-refractivity contribution >= 4 is 15.9 Å². The molecule has 1 aliphatic rings. The second-order valence-electron chi connectivity index (χ2n) is 5.26. The molecule has 2 heteroatoms. The fourth-order valence-corrected chi connectivity index (χ4v) is 3.75. The van der Waals surface area contributed by atoms with E-state index < -0.39 is 0 Å². The fraction of sp³-hybridized carbons (Fsp3) is 0.0526. The van der Waals surface area contributed by atoms with Gasteiger partial charge in [-0.2, -0.15) is 0 Å². The summed E-state index contributed by atoms with van der Waals surface area (Å²) in [4.78, 5) is 0.226. The van der Waals surface area contributed by atoms with Crippen molar-refractivity contribution in [1.29, 1.82) is 0 Å². The van der Waals surface area contributed by atoms with Crippen LogP contribution in [0.2, 0.25) is 0 Å². The molecule has 0 radical (unpaired) electrons. The molecule has 3 aromatic rings. The molecule has 1 atom stereocenters. The van der Waals surface area contributed by atoms with Crippen molar-refractivity contribution in [3.05, 3.63) is 83.7 Å². The molecule has 0 aliphatic heterocycles. The summed E-state index contributed by atoms with van der Waals surface area (Å²) in [5, 5.41) is 0. The van der Waals surface area contributed by atoms with Crippen LogP contribution >= 0.6 is 15.9 Å². The second kappa shape index (κ2) is 4.81. The van der Waals surface area contributed by atoms with Gasteiger partial charge in [-0.05, 0) is 51.6 Å². The predicted octanol–water partition coefficient (Wildman–Crippen LogP) is 5.96. The largest absolute Gasteiger partial charge is 0.207 e. The Bertz CT molecular complexity index is 821. The summed E-state index contributed by atoms with van der Waals surface area (Å²) in [6.45, 7) is 0. The zero-order chi connectivity index (χ0) is 14.4. The topological polar surface area (TPSA) is 0 Å². The Balaban J connectivity index is 1.85. The second-order valence-corrected chi connectivity index (χ2v) is 6.17. The molecule has 0 spiro atoms. The highest BCUT2D eigenvalue weighted by Crippen LogP contribution is 2.48. The standard InChI is InChI=1S/C19H12BrF/c20-19-17-4-2-1-3-15(17)16-10-7-13(11-18(16)19)12-5-8-14(21)9-6-12/h1-11,19H/t19-/m1/s1. The van der Waals surface area contributed by atoms with E-state index in [1.165, 1.54) is 34.4 Å². The van der Waals surface area contributed by atoms with Crippen molar-refractivity contribution in [1.82, 2.24) is 0 Å². The first kappa shape index (κ1) is 12.8. The zero-order valence-corrected chi connectivity index (χ0v) is 12.8. The molecule has 3 aromatic carbocycles. The molecule has 0 aromatic heterocycles. The highest BCUT2D eigenvalue weighted by Gasteiger charge is 2.26. The summed E-state index contributed by atoms with van der Waals surface area (Å²) < 4.78 is 13.1. The molecule has 1 aliphatic carbocycles. The summed E-state index contributed by atoms with van der Waals surface area (Å²) in [7, 11) is 0. The van der Waals surface area contributed by atoms with Crippen molar-refractivity contribution in [2.45, 2.75) is 4.83 Å². The van der Waals surface area contributed by atoms with E-state index in [9.17, 15) is 4.39 Å². The Morgan fingerprint density at radius 2 is 1.38 bits per heavy atom. The molecule has 21 heavy (non-hydrogen) atoms.